The highest BCUT2D eigenvalue weighted by Crippen LogP contribution is 2.22. The number of carbonyl (C=O) groups is 3. The van der Waals surface area contributed by atoms with Gasteiger partial charge in [0.05, 0.1) is 12.0 Å². The van der Waals surface area contributed by atoms with Gasteiger partial charge >= 0.3 is 12.1 Å². The number of piperazine rings is 1. The van der Waals surface area contributed by atoms with Gasteiger partial charge in [-0.05, 0) is 49.2 Å². The van der Waals surface area contributed by atoms with Crippen LogP contribution in [0, 0.1) is 0 Å². The molecule has 0 aliphatic carbocycles. The predicted molar refractivity (Wildman–Crippen MR) is 123 cm³/mol. The van der Waals surface area contributed by atoms with Gasteiger partial charge in [0.15, 0.2) is 0 Å². The van der Waals surface area contributed by atoms with Crippen molar-refractivity contribution in [2.45, 2.75) is 32.4 Å². The first kappa shape index (κ1) is 23.4. The lowest BCUT2D eigenvalue weighted by molar-refractivity contribution is -0.139. The minimum Gasteiger partial charge on any atom is -0.465 e. The van der Waals surface area contributed by atoms with Crippen LogP contribution in [0.4, 0.5) is 15.3 Å². The van der Waals surface area contributed by atoms with Gasteiger partial charge in [0.1, 0.15) is 0 Å². The maximum Gasteiger partial charge on any atom is 0.407 e. The van der Waals surface area contributed by atoms with Crippen molar-refractivity contribution < 1.29 is 19.5 Å². The summed E-state index contributed by atoms with van der Waals surface area (Å²) in [6, 6.07) is 14.0. The fraction of sp³-hybridized carbons (Fsp3) is 0.348. The van der Waals surface area contributed by atoms with Crippen LogP contribution in [-0.2, 0) is 17.8 Å². The molecule has 0 atom stereocenters. The molecular formula is C23H27ClN4O4. The number of carbonyl (C=O) groups excluding carboxylic acids is 2. The molecule has 1 aliphatic heterocycles. The third-order valence-corrected chi connectivity index (χ3v) is 5.66. The van der Waals surface area contributed by atoms with Crippen molar-refractivity contribution >= 4 is 35.3 Å². The lowest BCUT2D eigenvalue weighted by Crippen LogP contribution is -2.62. The third-order valence-electron chi connectivity index (χ3n) is 5.41. The van der Waals surface area contributed by atoms with Crippen LogP contribution < -0.4 is 10.6 Å². The Balaban J connectivity index is 1.50. The zero-order valence-electron chi connectivity index (χ0n) is 18.1. The van der Waals surface area contributed by atoms with Crippen LogP contribution in [0.5, 0.6) is 0 Å². The predicted octanol–water partition coefficient (Wildman–Crippen LogP) is 3.81. The molecule has 1 fully saturated rings. The standard InChI is InChI=1S/C23H27ClN4O4/c1-23(2)15-27(22(31)32)11-12-28(23)20(29)13-16-5-9-19(10-6-16)26-21(30)25-14-17-3-7-18(24)8-4-17/h3-10H,11-15H2,1-2H3,(H,31,32)(H2,25,26,30). The molecule has 1 heterocycles. The van der Waals surface area contributed by atoms with Crippen LogP contribution in [0.1, 0.15) is 25.0 Å². The van der Waals surface area contributed by atoms with Crippen LogP contribution in [0.2, 0.25) is 5.02 Å². The molecule has 1 aliphatic rings. The quantitative estimate of drug-likeness (QED) is 0.634. The van der Waals surface area contributed by atoms with E-state index in [-0.39, 0.29) is 24.9 Å². The normalized spacial score (nSPS) is 15.2. The number of amides is 4. The van der Waals surface area contributed by atoms with Gasteiger partial charge in [0, 0.05) is 36.9 Å². The molecule has 9 heteroatoms. The number of urea groups is 1. The largest absolute Gasteiger partial charge is 0.465 e. The van der Waals surface area contributed by atoms with Crippen molar-refractivity contribution in [1.29, 1.82) is 0 Å². The maximum atomic E-state index is 12.8. The van der Waals surface area contributed by atoms with Gasteiger partial charge in [-0.3, -0.25) is 4.79 Å². The lowest BCUT2D eigenvalue weighted by Gasteiger charge is -2.46. The SMILES string of the molecule is CC1(C)CN(C(=O)O)CCN1C(=O)Cc1ccc(NC(=O)NCc2ccc(Cl)cc2)cc1. The summed E-state index contributed by atoms with van der Waals surface area (Å²) >= 11 is 5.85. The second-order valence-corrected chi connectivity index (χ2v) is 8.81. The zero-order valence-corrected chi connectivity index (χ0v) is 18.9. The number of carboxylic acid groups (broad SMARTS) is 1. The number of halogens is 1. The first-order chi connectivity index (χ1) is 15.1. The number of nitrogens with zero attached hydrogens (tertiary/aromatic N) is 2. The number of anilines is 1. The highest BCUT2D eigenvalue weighted by atomic mass is 35.5. The molecule has 3 rings (SSSR count). The Labute approximate surface area is 192 Å². The van der Waals surface area contributed by atoms with Crippen LogP contribution in [-0.4, -0.2) is 58.1 Å². The second kappa shape index (κ2) is 9.91. The molecule has 3 N–H and O–H groups in total. The summed E-state index contributed by atoms with van der Waals surface area (Å²) in [5.74, 6) is -0.0542. The average molecular weight is 459 g/mol. The van der Waals surface area contributed by atoms with Crippen LogP contribution in [0.25, 0.3) is 0 Å². The fourth-order valence-electron chi connectivity index (χ4n) is 3.72. The monoisotopic (exact) mass is 458 g/mol. The average Bonchev–Trinajstić information content (AvgIpc) is 2.74. The molecule has 2 aromatic carbocycles. The van der Waals surface area contributed by atoms with E-state index in [1.54, 1.807) is 41.3 Å². The highest BCUT2D eigenvalue weighted by molar-refractivity contribution is 6.30. The first-order valence-corrected chi connectivity index (χ1v) is 10.7. The van der Waals surface area contributed by atoms with Crippen LogP contribution in [0.3, 0.4) is 0 Å². The number of hydrogen-bond donors (Lipinski definition) is 3. The van der Waals surface area contributed by atoms with E-state index in [1.165, 1.54) is 4.90 Å². The number of rotatable bonds is 5. The van der Waals surface area contributed by atoms with Crippen molar-refractivity contribution in [3.8, 4) is 0 Å². The molecule has 170 valence electrons. The summed E-state index contributed by atoms with van der Waals surface area (Å²) in [6.07, 6.45) is -0.759. The topological polar surface area (TPSA) is 102 Å². The second-order valence-electron chi connectivity index (χ2n) is 8.37. The minimum absolute atomic E-state index is 0.0542. The van der Waals surface area contributed by atoms with Gasteiger partial charge in [-0.25, -0.2) is 9.59 Å². The number of hydrogen-bond acceptors (Lipinski definition) is 3. The molecular weight excluding hydrogens is 432 g/mol. The molecule has 1 saturated heterocycles. The first-order valence-electron chi connectivity index (χ1n) is 10.3. The van der Waals surface area contributed by atoms with E-state index in [1.807, 2.05) is 26.0 Å². The molecule has 0 spiro atoms. The molecule has 0 unspecified atom stereocenters. The lowest BCUT2D eigenvalue weighted by atomic mass is 9.97. The number of nitrogens with one attached hydrogen (secondary N) is 2. The molecule has 0 radical (unpaired) electrons. The minimum atomic E-state index is -0.967. The van der Waals surface area contributed by atoms with E-state index in [9.17, 15) is 19.5 Å². The summed E-state index contributed by atoms with van der Waals surface area (Å²) in [5.41, 5.74) is 1.80. The van der Waals surface area contributed by atoms with E-state index in [2.05, 4.69) is 10.6 Å². The van der Waals surface area contributed by atoms with Crippen molar-refractivity contribution in [3.05, 3.63) is 64.7 Å². The third kappa shape index (κ3) is 6.13. The van der Waals surface area contributed by atoms with Crippen LogP contribution in [0.15, 0.2) is 48.5 Å². The van der Waals surface area contributed by atoms with Gasteiger partial charge in [-0.2, -0.15) is 0 Å². The van der Waals surface area contributed by atoms with E-state index in [4.69, 9.17) is 11.6 Å². The highest BCUT2D eigenvalue weighted by Gasteiger charge is 2.38. The Hall–Kier alpha value is -3.26. The summed E-state index contributed by atoms with van der Waals surface area (Å²) < 4.78 is 0. The Morgan fingerprint density at radius 2 is 1.62 bits per heavy atom. The Bertz CT molecular complexity index is 976. The molecule has 0 saturated carbocycles. The molecule has 0 bridgehead atoms. The van der Waals surface area contributed by atoms with E-state index in [0.717, 1.165) is 11.1 Å². The van der Waals surface area contributed by atoms with Crippen LogP contribution >= 0.6 is 11.6 Å². The number of benzene rings is 2. The van der Waals surface area contributed by atoms with Gasteiger partial charge in [-0.1, -0.05) is 35.9 Å². The molecule has 0 aromatic heterocycles. The summed E-state index contributed by atoms with van der Waals surface area (Å²) in [4.78, 5) is 39.2. The Morgan fingerprint density at radius 3 is 2.22 bits per heavy atom. The smallest absolute Gasteiger partial charge is 0.407 e. The fourth-order valence-corrected chi connectivity index (χ4v) is 3.84. The zero-order chi connectivity index (χ0) is 23.3. The van der Waals surface area contributed by atoms with Gasteiger partial charge in [0.25, 0.3) is 0 Å². The summed E-state index contributed by atoms with van der Waals surface area (Å²) in [7, 11) is 0. The summed E-state index contributed by atoms with van der Waals surface area (Å²) in [6.45, 7) is 5.07. The van der Waals surface area contributed by atoms with E-state index in [0.29, 0.717) is 30.3 Å². The van der Waals surface area contributed by atoms with Gasteiger partial charge in [0.2, 0.25) is 5.91 Å². The Morgan fingerprint density at radius 1 is 1.00 bits per heavy atom. The molecule has 4 amide bonds. The van der Waals surface area contributed by atoms with Gasteiger partial charge in [-0.15, -0.1) is 0 Å². The maximum absolute atomic E-state index is 12.8. The van der Waals surface area contributed by atoms with Crippen molar-refractivity contribution in [2.24, 2.45) is 0 Å². The van der Waals surface area contributed by atoms with Gasteiger partial charge < -0.3 is 25.5 Å². The van der Waals surface area contributed by atoms with Crippen molar-refractivity contribution in [1.82, 2.24) is 15.1 Å². The molecule has 2 aromatic rings. The Kier molecular flexibility index (Phi) is 7.25. The molecule has 32 heavy (non-hydrogen) atoms. The van der Waals surface area contributed by atoms with E-state index < -0.39 is 11.6 Å². The molecule has 8 nitrogen and oxygen atoms in total. The van der Waals surface area contributed by atoms with E-state index >= 15 is 0 Å². The van der Waals surface area contributed by atoms with Crippen molar-refractivity contribution in [3.63, 3.8) is 0 Å². The summed E-state index contributed by atoms with van der Waals surface area (Å²) in [5, 5.41) is 15.4. The van der Waals surface area contributed by atoms with Crippen molar-refractivity contribution in [2.75, 3.05) is 25.0 Å².